The van der Waals surface area contributed by atoms with Gasteiger partial charge in [-0.3, -0.25) is 24.1 Å². The molecule has 2 amide bonds. The summed E-state index contributed by atoms with van der Waals surface area (Å²) in [6, 6.07) is 16.4. The largest absolute Gasteiger partial charge is 0.480 e. The van der Waals surface area contributed by atoms with Gasteiger partial charge in [0.15, 0.2) is 6.79 Å². The zero-order valence-corrected chi connectivity index (χ0v) is 26.2. The molecule has 1 aliphatic carbocycles. The maximum Gasteiger partial charge on any atom is 0.323 e. The number of ether oxygens (including phenoxy) is 2. The normalized spacial score (nSPS) is 18.7. The molecule has 9 nitrogen and oxygen atoms in total. The highest BCUT2D eigenvalue weighted by Crippen LogP contribution is 2.47. The number of para-hydroxylation sites is 1. The van der Waals surface area contributed by atoms with Gasteiger partial charge in [0.25, 0.3) is 0 Å². The van der Waals surface area contributed by atoms with Crippen LogP contribution in [-0.2, 0) is 41.5 Å². The lowest BCUT2D eigenvalue weighted by atomic mass is 9.73. The molecule has 2 atom stereocenters. The molecule has 44 heavy (non-hydrogen) atoms. The number of carboxylic acid groups (broad SMARTS) is 1. The molecule has 0 aromatic heterocycles. The Balaban J connectivity index is 1.46. The van der Waals surface area contributed by atoms with Gasteiger partial charge in [-0.15, -0.1) is 0 Å². The quantitative estimate of drug-likeness (QED) is 0.230. The zero-order chi connectivity index (χ0) is 31.7. The van der Waals surface area contributed by atoms with E-state index in [-0.39, 0.29) is 25.1 Å². The second-order valence-electron chi connectivity index (χ2n) is 13.3. The molecule has 2 N–H and O–H groups in total. The third-order valence-corrected chi connectivity index (χ3v) is 8.71. The number of rotatable bonds is 13. The summed E-state index contributed by atoms with van der Waals surface area (Å²) in [6.45, 7) is 5.10. The second kappa shape index (κ2) is 14.8. The first-order chi connectivity index (χ1) is 20.9. The summed E-state index contributed by atoms with van der Waals surface area (Å²) in [4.78, 5) is 53.4. The van der Waals surface area contributed by atoms with Gasteiger partial charge in [0, 0.05) is 12.1 Å². The number of fused-ring (bicyclic) bond motifs is 1. The van der Waals surface area contributed by atoms with Crippen molar-refractivity contribution in [2.75, 3.05) is 18.2 Å². The smallest absolute Gasteiger partial charge is 0.323 e. The minimum Gasteiger partial charge on any atom is -0.480 e. The highest BCUT2D eigenvalue weighted by Gasteiger charge is 2.41. The minimum absolute atomic E-state index is 0.128. The summed E-state index contributed by atoms with van der Waals surface area (Å²) in [5.74, 6) is -2.53. The Hall–Kier alpha value is -3.72. The monoisotopic (exact) mass is 606 g/mol. The van der Waals surface area contributed by atoms with Gasteiger partial charge in [0.2, 0.25) is 11.8 Å². The fraction of sp³-hybridized carbons (Fsp3) is 0.543. The topological polar surface area (TPSA) is 122 Å². The van der Waals surface area contributed by atoms with Gasteiger partial charge in [0.05, 0.1) is 11.5 Å². The number of hydrogen-bond donors (Lipinski definition) is 2. The number of carbonyl (C=O) groups excluding carboxylic acids is 3. The SMILES string of the molecule is CC(C)(C)OCOC(=O)C(CCc1ccccc1)CC1(CC(=O)NC2CCc3ccccc3N(CC(=O)O)C2=O)CCCC1. The van der Waals surface area contributed by atoms with Crippen molar-refractivity contribution >= 4 is 29.4 Å². The Morgan fingerprint density at radius 1 is 1.05 bits per heavy atom. The van der Waals surface area contributed by atoms with Crippen LogP contribution in [0.2, 0.25) is 0 Å². The Labute approximate surface area is 260 Å². The maximum absolute atomic E-state index is 13.6. The third-order valence-electron chi connectivity index (χ3n) is 8.71. The van der Waals surface area contributed by atoms with Crippen molar-refractivity contribution in [3.05, 3.63) is 65.7 Å². The first kappa shape index (κ1) is 33.2. The molecular weight excluding hydrogens is 560 g/mol. The Morgan fingerprint density at radius 3 is 2.41 bits per heavy atom. The molecule has 1 heterocycles. The highest BCUT2D eigenvalue weighted by molar-refractivity contribution is 6.03. The van der Waals surface area contributed by atoms with Crippen molar-refractivity contribution < 1.29 is 33.8 Å². The van der Waals surface area contributed by atoms with Gasteiger partial charge in [-0.1, -0.05) is 61.4 Å². The number of nitrogens with one attached hydrogen (secondary N) is 1. The number of hydrogen-bond acceptors (Lipinski definition) is 6. The molecule has 2 aliphatic rings. The lowest BCUT2D eigenvalue weighted by Gasteiger charge is -2.33. The minimum atomic E-state index is -1.12. The summed E-state index contributed by atoms with van der Waals surface area (Å²) >= 11 is 0. The van der Waals surface area contributed by atoms with Crippen molar-refractivity contribution in [3.63, 3.8) is 0 Å². The van der Waals surface area contributed by atoms with E-state index >= 15 is 0 Å². The van der Waals surface area contributed by atoms with E-state index in [0.29, 0.717) is 37.8 Å². The van der Waals surface area contributed by atoms with Crippen LogP contribution in [-0.4, -0.2) is 53.8 Å². The molecule has 2 unspecified atom stereocenters. The van der Waals surface area contributed by atoms with Gasteiger partial charge in [0.1, 0.15) is 12.6 Å². The van der Waals surface area contributed by atoms with Crippen molar-refractivity contribution in [1.29, 1.82) is 0 Å². The van der Waals surface area contributed by atoms with Crippen molar-refractivity contribution in [2.24, 2.45) is 11.3 Å². The number of nitrogens with zero attached hydrogens (tertiary/aromatic N) is 1. The van der Waals surface area contributed by atoms with Gasteiger partial charge in [-0.05, 0) is 88.3 Å². The number of esters is 1. The van der Waals surface area contributed by atoms with Crippen molar-refractivity contribution in [2.45, 2.75) is 96.6 Å². The molecule has 2 aromatic carbocycles. The molecule has 0 radical (unpaired) electrons. The van der Waals surface area contributed by atoms with Gasteiger partial charge >= 0.3 is 11.9 Å². The predicted octanol–water partition coefficient (Wildman–Crippen LogP) is 5.44. The first-order valence-corrected chi connectivity index (χ1v) is 15.7. The van der Waals surface area contributed by atoms with Crippen molar-refractivity contribution in [1.82, 2.24) is 5.32 Å². The van der Waals surface area contributed by atoms with E-state index in [9.17, 15) is 24.3 Å². The number of aliphatic carboxylic acids is 1. The van der Waals surface area contributed by atoms with E-state index in [0.717, 1.165) is 36.8 Å². The zero-order valence-electron chi connectivity index (χ0n) is 26.2. The molecule has 9 heteroatoms. The fourth-order valence-electron chi connectivity index (χ4n) is 6.51. The van der Waals surface area contributed by atoms with Crippen LogP contribution in [0.4, 0.5) is 5.69 Å². The number of benzene rings is 2. The molecule has 1 fully saturated rings. The molecule has 0 saturated heterocycles. The van der Waals surface area contributed by atoms with Crippen LogP contribution >= 0.6 is 0 Å². The molecular formula is C35H46N2O7. The van der Waals surface area contributed by atoms with E-state index < -0.39 is 41.4 Å². The van der Waals surface area contributed by atoms with Gasteiger partial charge in [-0.2, -0.15) is 0 Å². The molecule has 1 aliphatic heterocycles. The van der Waals surface area contributed by atoms with E-state index in [1.54, 1.807) is 12.1 Å². The Morgan fingerprint density at radius 2 is 1.73 bits per heavy atom. The van der Waals surface area contributed by atoms with Crippen LogP contribution in [0.25, 0.3) is 0 Å². The summed E-state index contributed by atoms with van der Waals surface area (Å²) in [5.41, 5.74) is 1.74. The Kier molecular flexibility index (Phi) is 11.2. The van der Waals surface area contributed by atoms with E-state index in [2.05, 4.69) is 5.32 Å². The number of carbonyl (C=O) groups is 4. The second-order valence-corrected chi connectivity index (χ2v) is 13.3. The molecule has 0 bridgehead atoms. The summed E-state index contributed by atoms with van der Waals surface area (Å²) in [5, 5.41) is 12.5. The molecule has 2 aromatic rings. The van der Waals surface area contributed by atoms with E-state index in [1.165, 1.54) is 4.90 Å². The molecule has 238 valence electrons. The predicted molar refractivity (Wildman–Crippen MR) is 167 cm³/mol. The standard InChI is InChI=1S/C35H46N2O7/c1-34(2,3)44-24-43-33(42)27(16-15-25-11-5-4-6-12-25)21-35(19-9-10-20-35)22-30(38)36-28-18-17-26-13-7-8-14-29(26)37(32(28)41)23-31(39)40/h4-8,11-14,27-28H,9-10,15-24H2,1-3H3,(H,36,38)(H,39,40). The molecule has 0 spiro atoms. The van der Waals surface area contributed by atoms with Crippen LogP contribution < -0.4 is 10.2 Å². The van der Waals surface area contributed by atoms with Crippen LogP contribution in [0.3, 0.4) is 0 Å². The number of anilines is 1. The highest BCUT2D eigenvalue weighted by atomic mass is 16.7. The number of carboxylic acids is 1. The lowest BCUT2D eigenvalue weighted by Crippen LogP contribution is -2.50. The van der Waals surface area contributed by atoms with Crippen LogP contribution in [0.1, 0.15) is 83.3 Å². The third kappa shape index (κ3) is 9.39. The summed E-state index contributed by atoms with van der Waals surface area (Å²) in [7, 11) is 0. The fourth-order valence-corrected chi connectivity index (χ4v) is 6.51. The average Bonchev–Trinajstić information content (AvgIpc) is 3.38. The summed E-state index contributed by atoms with van der Waals surface area (Å²) in [6.07, 6.45) is 6.46. The first-order valence-electron chi connectivity index (χ1n) is 15.7. The van der Waals surface area contributed by atoms with E-state index in [1.807, 2.05) is 63.2 Å². The average molecular weight is 607 g/mol. The van der Waals surface area contributed by atoms with Gasteiger partial charge in [-0.25, -0.2) is 0 Å². The maximum atomic E-state index is 13.6. The molecule has 4 rings (SSSR count). The van der Waals surface area contributed by atoms with Crippen LogP contribution in [0.5, 0.6) is 0 Å². The van der Waals surface area contributed by atoms with E-state index in [4.69, 9.17) is 9.47 Å². The summed E-state index contributed by atoms with van der Waals surface area (Å²) < 4.78 is 11.2. The lowest BCUT2D eigenvalue weighted by molar-refractivity contribution is -0.173. The van der Waals surface area contributed by atoms with Crippen LogP contribution in [0.15, 0.2) is 54.6 Å². The number of amides is 2. The van der Waals surface area contributed by atoms with Crippen molar-refractivity contribution in [3.8, 4) is 0 Å². The number of aryl methyl sites for hydroxylation is 2. The van der Waals surface area contributed by atoms with Crippen LogP contribution in [0, 0.1) is 11.3 Å². The van der Waals surface area contributed by atoms with Gasteiger partial charge < -0.3 is 19.9 Å². The molecule has 1 saturated carbocycles. The Bertz CT molecular complexity index is 1300.